The van der Waals surface area contributed by atoms with E-state index in [9.17, 15) is 35.1 Å². The van der Waals surface area contributed by atoms with Gasteiger partial charge in [0.05, 0.1) is 28.3 Å². The normalized spacial score (nSPS) is 34.6. The Morgan fingerprint density at radius 1 is 1.05 bits per heavy atom. The van der Waals surface area contributed by atoms with E-state index in [1.165, 1.54) is 12.1 Å². The van der Waals surface area contributed by atoms with Gasteiger partial charge >= 0.3 is 0 Å². The van der Waals surface area contributed by atoms with E-state index in [0.29, 0.717) is 11.1 Å². The summed E-state index contributed by atoms with van der Waals surface area (Å²) < 4.78 is 11.9. The second-order valence-corrected chi connectivity index (χ2v) is 11.7. The van der Waals surface area contributed by atoms with Gasteiger partial charge in [-0.15, -0.1) is 0 Å². The molecule has 2 heterocycles. The highest BCUT2D eigenvalue weighted by molar-refractivity contribution is 6.31. The number of phenols is 2. The van der Waals surface area contributed by atoms with E-state index in [-0.39, 0.29) is 52.2 Å². The van der Waals surface area contributed by atoms with Crippen molar-refractivity contribution in [2.24, 2.45) is 0 Å². The summed E-state index contributed by atoms with van der Waals surface area (Å²) in [7, 11) is 5.06. The molecule has 2 bridgehead atoms. The molecule has 1 fully saturated rings. The summed E-state index contributed by atoms with van der Waals surface area (Å²) in [6.07, 6.45) is -3.40. The Hall–Kier alpha value is -3.06. The van der Waals surface area contributed by atoms with E-state index in [4.69, 9.17) is 9.47 Å². The fourth-order valence-corrected chi connectivity index (χ4v) is 6.88. The van der Waals surface area contributed by atoms with Gasteiger partial charge in [0, 0.05) is 29.2 Å². The standard InChI is InChI=1S/C28H32N2O9/c1-27(37)8-10-6-11-16(21(33)15(10)13(9-27)29-3)22(34)17-14(31)7-12-24(18(17)20(11)32)38-26-23(35)19(30(4)5)25(36)28(12,2)39-26/h6-7,13,19,23,25-26,29,31,33,35-37H,8-9H2,1-5H3. The van der Waals surface area contributed by atoms with Crippen LogP contribution in [0.1, 0.15) is 74.8 Å². The predicted octanol–water partition coefficient (Wildman–Crippen LogP) is 0.447. The number of nitrogens with zero attached hydrogens (tertiary/aromatic N) is 1. The average molecular weight is 541 g/mol. The van der Waals surface area contributed by atoms with Crippen LogP contribution in [0.15, 0.2) is 12.1 Å². The lowest BCUT2D eigenvalue weighted by molar-refractivity contribution is -0.311. The fourth-order valence-electron chi connectivity index (χ4n) is 6.88. The number of fused-ring (bicyclic) bond motifs is 8. The molecule has 6 rings (SSSR count). The second-order valence-electron chi connectivity index (χ2n) is 11.7. The van der Waals surface area contributed by atoms with Gasteiger partial charge in [0.2, 0.25) is 12.1 Å². The van der Waals surface area contributed by atoms with Gasteiger partial charge in [0.25, 0.3) is 0 Å². The van der Waals surface area contributed by atoms with E-state index >= 15 is 0 Å². The summed E-state index contributed by atoms with van der Waals surface area (Å²) in [6, 6.07) is 1.49. The molecular weight excluding hydrogens is 508 g/mol. The zero-order chi connectivity index (χ0) is 28.3. The zero-order valence-electron chi connectivity index (χ0n) is 22.3. The third-order valence-electron chi connectivity index (χ3n) is 8.77. The number of hydrogen-bond donors (Lipinski definition) is 6. The minimum absolute atomic E-state index is 0.0711. The van der Waals surface area contributed by atoms with Gasteiger partial charge in [-0.05, 0) is 59.1 Å². The molecule has 2 aliphatic heterocycles. The number of hydrogen-bond acceptors (Lipinski definition) is 11. The maximum atomic E-state index is 14.1. The molecule has 2 aromatic carbocycles. The zero-order valence-corrected chi connectivity index (χ0v) is 22.3. The predicted molar refractivity (Wildman–Crippen MR) is 136 cm³/mol. The number of aliphatic hydroxyl groups excluding tert-OH is 2. The molecular formula is C28H32N2O9. The minimum Gasteiger partial charge on any atom is -0.507 e. The van der Waals surface area contributed by atoms with Gasteiger partial charge in [-0.3, -0.25) is 9.59 Å². The lowest BCUT2D eigenvalue weighted by Crippen LogP contribution is -2.68. The quantitative estimate of drug-likeness (QED) is 0.267. The largest absolute Gasteiger partial charge is 0.507 e. The topological polar surface area (TPSA) is 169 Å². The smallest absolute Gasteiger partial charge is 0.228 e. The molecule has 0 aromatic heterocycles. The molecule has 1 saturated heterocycles. The van der Waals surface area contributed by atoms with Crippen LogP contribution < -0.4 is 10.1 Å². The first-order valence-electron chi connectivity index (χ1n) is 12.9. The number of ether oxygens (including phenoxy) is 2. The second kappa shape index (κ2) is 8.23. The van der Waals surface area contributed by atoms with Crippen LogP contribution in [0.5, 0.6) is 17.2 Å². The van der Waals surface area contributed by atoms with Crippen LogP contribution in [0.3, 0.4) is 0 Å². The number of carbonyl (C=O) groups excluding carboxylic acids is 2. The van der Waals surface area contributed by atoms with Crippen molar-refractivity contribution in [3.8, 4) is 17.2 Å². The molecule has 0 amide bonds. The Labute approximate surface area is 224 Å². The number of aliphatic hydroxyl groups is 3. The van der Waals surface area contributed by atoms with Gasteiger partial charge in [-0.2, -0.15) is 0 Å². The van der Waals surface area contributed by atoms with Crippen LogP contribution in [0, 0.1) is 0 Å². The Morgan fingerprint density at radius 2 is 1.74 bits per heavy atom. The van der Waals surface area contributed by atoms with Crippen LogP contribution in [0.2, 0.25) is 0 Å². The molecule has 11 heteroatoms. The van der Waals surface area contributed by atoms with Crippen molar-refractivity contribution in [1.82, 2.24) is 10.2 Å². The van der Waals surface area contributed by atoms with Gasteiger partial charge in [-0.25, -0.2) is 0 Å². The Kier molecular flexibility index (Phi) is 5.52. The highest BCUT2D eigenvalue weighted by atomic mass is 16.7. The number of likely N-dealkylation sites (N-methyl/N-ethyl adjacent to an activating group) is 1. The summed E-state index contributed by atoms with van der Waals surface area (Å²) >= 11 is 0. The Morgan fingerprint density at radius 3 is 2.38 bits per heavy atom. The minimum atomic E-state index is -1.49. The lowest BCUT2D eigenvalue weighted by Gasteiger charge is -2.53. The highest BCUT2D eigenvalue weighted by Gasteiger charge is 2.59. The molecule has 0 radical (unpaired) electrons. The maximum Gasteiger partial charge on any atom is 0.228 e. The van der Waals surface area contributed by atoms with Crippen LogP contribution >= 0.6 is 0 Å². The van der Waals surface area contributed by atoms with E-state index in [2.05, 4.69) is 5.32 Å². The van der Waals surface area contributed by atoms with Crippen LogP contribution in [-0.2, 0) is 16.8 Å². The molecule has 4 aliphatic rings. The summed E-state index contributed by atoms with van der Waals surface area (Å²) in [6.45, 7) is 3.24. The third kappa shape index (κ3) is 3.38. The molecule has 39 heavy (non-hydrogen) atoms. The maximum absolute atomic E-state index is 14.1. The van der Waals surface area contributed by atoms with Gasteiger partial charge in [0.15, 0.2) is 5.78 Å². The van der Waals surface area contributed by atoms with Crippen LogP contribution in [-0.4, -0.2) is 93.3 Å². The number of carbonyl (C=O) groups is 2. The summed E-state index contributed by atoms with van der Waals surface area (Å²) in [4.78, 5) is 29.6. The first-order chi connectivity index (χ1) is 18.2. The molecule has 7 atom stereocenters. The molecule has 6 N–H and O–H groups in total. The third-order valence-corrected chi connectivity index (χ3v) is 8.77. The summed E-state index contributed by atoms with van der Waals surface area (Å²) in [5.41, 5.74) is -2.36. The van der Waals surface area contributed by atoms with E-state index in [1.807, 2.05) is 0 Å². The first kappa shape index (κ1) is 26.2. The number of nitrogens with one attached hydrogen (secondary N) is 1. The van der Waals surface area contributed by atoms with Gasteiger partial charge < -0.3 is 45.2 Å². The number of aromatic hydroxyl groups is 2. The number of benzene rings is 2. The average Bonchev–Trinajstić information content (AvgIpc) is 2.84. The molecule has 208 valence electrons. The number of ketones is 2. The van der Waals surface area contributed by atoms with Crippen molar-refractivity contribution in [2.45, 2.75) is 68.5 Å². The summed E-state index contributed by atoms with van der Waals surface area (Å²) in [5.74, 6) is -2.40. The van der Waals surface area contributed by atoms with E-state index < -0.39 is 59.1 Å². The van der Waals surface area contributed by atoms with Crippen molar-refractivity contribution in [2.75, 3.05) is 21.1 Å². The molecule has 2 aliphatic carbocycles. The van der Waals surface area contributed by atoms with E-state index in [0.717, 1.165) is 0 Å². The van der Waals surface area contributed by atoms with Crippen LogP contribution in [0.4, 0.5) is 0 Å². The fraction of sp³-hybridized carbons (Fsp3) is 0.500. The highest BCUT2D eigenvalue weighted by Crippen LogP contribution is 2.54. The van der Waals surface area contributed by atoms with Crippen molar-refractivity contribution >= 4 is 11.6 Å². The molecule has 11 nitrogen and oxygen atoms in total. The molecule has 2 aromatic rings. The molecule has 0 saturated carbocycles. The van der Waals surface area contributed by atoms with E-state index in [1.54, 1.807) is 39.9 Å². The van der Waals surface area contributed by atoms with Crippen molar-refractivity contribution in [1.29, 1.82) is 0 Å². The molecule has 0 spiro atoms. The van der Waals surface area contributed by atoms with Crippen molar-refractivity contribution < 1.29 is 44.6 Å². The first-order valence-corrected chi connectivity index (χ1v) is 12.9. The lowest BCUT2D eigenvalue weighted by atomic mass is 9.72. The number of phenolic OH excluding ortho intramolecular Hbond substituents is 2. The monoisotopic (exact) mass is 540 g/mol. The van der Waals surface area contributed by atoms with Gasteiger partial charge in [0.1, 0.15) is 35.1 Å². The summed E-state index contributed by atoms with van der Waals surface area (Å²) in [5, 5.41) is 58.5. The van der Waals surface area contributed by atoms with Crippen LogP contribution in [0.25, 0.3) is 0 Å². The Bertz CT molecular complexity index is 1450. The Balaban J connectivity index is 1.58. The van der Waals surface area contributed by atoms with Crippen molar-refractivity contribution in [3.05, 3.63) is 51.1 Å². The molecule has 7 unspecified atom stereocenters. The SMILES string of the molecule is CNC1CC(C)(O)Cc2cc3c(c(O)c21)C(=O)c1c(O)cc2c(c1C3=O)OC1OC2(C)C(O)C(N(C)C)C1O. The van der Waals surface area contributed by atoms with Gasteiger partial charge in [-0.1, -0.05) is 0 Å². The van der Waals surface area contributed by atoms with Crippen molar-refractivity contribution in [3.63, 3.8) is 0 Å². The number of rotatable bonds is 2.